The van der Waals surface area contributed by atoms with Crippen LogP contribution in [0.15, 0.2) is 24.3 Å². The molecule has 0 bridgehead atoms. The van der Waals surface area contributed by atoms with E-state index in [0.717, 1.165) is 0 Å². The minimum atomic E-state index is -0.738. The van der Waals surface area contributed by atoms with Gasteiger partial charge in [-0.25, -0.2) is 0 Å². The maximum absolute atomic E-state index is 11.9. The van der Waals surface area contributed by atoms with Crippen LogP contribution in [0.5, 0.6) is 5.75 Å². The average Bonchev–Trinajstić information content (AvgIpc) is 2.37. The molecule has 0 saturated heterocycles. The molecule has 1 aromatic carbocycles. The van der Waals surface area contributed by atoms with Gasteiger partial charge in [0, 0.05) is 18.1 Å². The van der Waals surface area contributed by atoms with Crippen LogP contribution >= 0.6 is 0 Å². The molecule has 0 fully saturated rings. The molecule has 6 nitrogen and oxygen atoms in total. The van der Waals surface area contributed by atoms with Crippen molar-refractivity contribution in [2.45, 2.75) is 40.9 Å². The molecule has 21 heavy (non-hydrogen) atoms. The van der Waals surface area contributed by atoms with E-state index in [9.17, 15) is 14.9 Å². The summed E-state index contributed by atoms with van der Waals surface area (Å²) in [7, 11) is 0. The quantitative estimate of drug-likeness (QED) is 0.359. The fourth-order valence-electron chi connectivity index (χ4n) is 1.36. The van der Waals surface area contributed by atoms with E-state index in [0.29, 0.717) is 5.75 Å². The van der Waals surface area contributed by atoms with Crippen LogP contribution < -0.4 is 4.74 Å². The Hall–Kier alpha value is -2.11. The fraction of sp³-hybridized carbons (Fsp3) is 0.533. The van der Waals surface area contributed by atoms with Crippen molar-refractivity contribution in [3.63, 3.8) is 0 Å². The summed E-state index contributed by atoms with van der Waals surface area (Å²) in [6.07, 6.45) is -0.738. The highest BCUT2D eigenvalue weighted by molar-refractivity contribution is 5.75. The lowest BCUT2D eigenvalue weighted by Gasteiger charge is -2.26. The number of esters is 1. The SMILES string of the molecule is CC(C)C(OC(=O)C(C)(C)C)Oc1ccc([N+](=O)[O-])cc1. The zero-order valence-electron chi connectivity index (χ0n) is 13.0. The Morgan fingerprint density at radius 3 is 2.10 bits per heavy atom. The third-order valence-corrected chi connectivity index (χ3v) is 2.68. The molecule has 0 radical (unpaired) electrons. The van der Waals surface area contributed by atoms with Crippen LogP contribution in [0.1, 0.15) is 34.6 Å². The number of nitro benzene ring substituents is 1. The third-order valence-electron chi connectivity index (χ3n) is 2.68. The standard InChI is InChI=1S/C15H21NO5/c1-10(2)13(21-14(17)15(3,4)5)20-12-8-6-11(7-9-12)16(18)19/h6-10,13H,1-5H3. The number of non-ortho nitro benzene ring substituents is 1. The molecule has 0 aliphatic heterocycles. The lowest BCUT2D eigenvalue weighted by atomic mass is 9.97. The molecule has 0 heterocycles. The number of carbonyl (C=O) groups excluding carboxylic acids is 1. The molecule has 116 valence electrons. The highest BCUT2D eigenvalue weighted by Crippen LogP contribution is 2.23. The Labute approximate surface area is 124 Å². The Kier molecular flexibility index (Phi) is 5.29. The van der Waals surface area contributed by atoms with Gasteiger partial charge in [0.05, 0.1) is 10.3 Å². The van der Waals surface area contributed by atoms with Gasteiger partial charge in [-0.15, -0.1) is 0 Å². The van der Waals surface area contributed by atoms with Crippen LogP contribution in [0.4, 0.5) is 5.69 Å². The predicted molar refractivity (Wildman–Crippen MR) is 77.9 cm³/mol. The molecule has 0 amide bonds. The molecular weight excluding hydrogens is 274 g/mol. The summed E-state index contributed by atoms with van der Waals surface area (Å²) in [4.78, 5) is 22.0. The van der Waals surface area contributed by atoms with Gasteiger partial charge in [-0.2, -0.15) is 0 Å². The number of nitrogens with zero attached hydrogens (tertiary/aromatic N) is 1. The van der Waals surface area contributed by atoms with E-state index in [2.05, 4.69) is 0 Å². The first-order valence-electron chi connectivity index (χ1n) is 6.73. The molecule has 0 N–H and O–H groups in total. The lowest BCUT2D eigenvalue weighted by molar-refractivity contribution is -0.384. The summed E-state index contributed by atoms with van der Waals surface area (Å²) in [5.74, 6) is 0.00983. The summed E-state index contributed by atoms with van der Waals surface area (Å²) in [6.45, 7) is 9.02. The van der Waals surface area contributed by atoms with Gasteiger partial charge < -0.3 is 9.47 Å². The van der Waals surface area contributed by atoms with Gasteiger partial charge in [-0.3, -0.25) is 14.9 Å². The van der Waals surface area contributed by atoms with Gasteiger partial charge in [-0.05, 0) is 32.9 Å². The summed E-state index contributed by atoms with van der Waals surface area (Å²) in [5.41, 5.74) is -0.637. The summed E-state index contributed by atoms with van der Waals surface area (Å²) in [5, 5.41) is 10.6. The van der Waals surface area contributed by atoms with Crippen molar-refractivity contribution in [1.82, 2.24) is 0 Å². The Balaban J connectivity index is 2.79. The molecule has 0 spiro atoms. The van der Waals surface area contributed by atoms with Crippen LogP contribution in [-0.4, -0.2) is 17.2 Å². The third kappa shape index (κ3) is 5.06. The van der Waals surface area contributed by atoms with E-state index in [1.54, 1.807) is 20.8 Å². The van der Waals surface area contributed by atoms with Gasteiger partial charge in [0.2, 0.25) is 6.29 Å². The van der Waals surface area contributed by atoms with Gasteiger partial charge in [0.15, 0.2) is 0 Å². The number of nitro groups is 1. The van der Waals surface area contributed by atoms with Crippen molar-refractivity contribution in [3.05, 3.63) is 34.4 Å². The van der Waals surface area contributed by atoms with Crippen LogP contribution in [0.2, 0.25) is 0 Å². The summed E-state index contributed by atoms with van der Waals surface area (Å²) >= 11 is 0. The second kappa shape index (κ2) is 6.56. The molecule has 0 aliphatic rings. The van der Waals surface area contributed by atoms with Crippen LogP contribution in [-0.2, 0) is 9.53 Å². The van der Waals surface area contributed by atoms with Crippen molar-refractivity contribution in [1.29, 1.82) is 0 Å². The molecule has 1 atom stereocenters. The first-order chi connectivity index (χ1) is 9.61. The van der Waals surface area contributed by atoms with Gasteiger partial charge >= 0.3 is 5.97 Å². The molecule has 0 saturated carbocycles. The maximum atomic E-state index is 11.9. The van der Waals surface area contributed by atoms with Crippen molar-refractivity contribution >= 4 is 11.7 Å². The van der Waals surface area contributed by atoms with E-state index in [4.69, 9.17) is 9.47 Å². The van der Waals surface area contributed by atoms with Crippen molar-refractivity contribution in [2.24, 2.45) is 11.3 Å². The van der Waals surface area contributed by atoms with E-state index in [-0.39, 0.29) is 17.6 Å². The minimum absolute atomic E-state index is 0.0184. The van der Waals surface area contributed by atoms with E-state index >= 15 is 0 Å². The first kappa shape index (κ1) is 16.9. The smallest absolute Gasteiger partial charge is 0.314 e. The number of ether oxygens (including phenoxy) is 2. The number of hydrogen-bond acceptors (Lipinski definition) is 5. The molecule has 1 aromatic rings. The number of hydrogen-bond donors (Lipinski definition) is 0. The predicted octanol–water partition coefficient (Wildman–Crippen LogP) is 3.55. The second-order valence-corrected chi connectivity index (χ2v) is 6.14. The molecule has 1 rings (SSSR count). The highest BCUT2D eigenvalue weighted by atomic mass is 16.7. The Morgan fingerprint density at radius 1 is 1.19 bits per heavy atom. The molecule has 0 aliphatic carbocycles. The van der Waals surface area contributed by atoms with Gasteiger partial charge in [0.1, 0.15) is 5.75 Å². The minimum Gasteiger partial charge on any atom is -0.455 e. The highest BCUT2D eigenvalue weighted by Gasteiger charge is 2.28. The average molecular weight is 295 g/mol. The van der Waals surface area contributed by atoms with Crippen LogP contribution in [0, 0.1) is 21.4 Å². The van der Waals surface area contributed by atoms with Crippen LogP contribution in [0.25, 0.3) is 0 Å². The zero-order valence-corrected chi connectivity index (χ0v) is 13.0. The fourth-order valence-corrected chi connectivity index (χ4v) is 1.36. The summed E-state index contributed by atoms with van der Waals surface area (Å²) in [6, 6.07) is 5.66. The normalized spacial score (nSPS) is 12.9. The number of rotatable bonds is 5. The Bertz CT molecular complexity index is 502. The van der Waals surface area contributed by atoms with Gasteiger partial charge in [-0.1, -0.05) is 13.8 Å². The maximum Gasteiger partial charge on any atom is 0.314 e. The lowest BCUT2D eigenvalue weighted by Crippen LogP contribution is -2.34. The van der Waals surface area contributed by atoms with E-state index in [1.807, 2.05) is 13.8 Å². The topological polar surface area (TPSA) is 78.7 Å². The molecule has 0 aromatic heterocycles. The van der Waals surface area contributed by atoms with E-state index in [1.165, 1.54) is 24.3 Å². The monoisotopic (exact) mass is 295 g/mol. The van der Waals surface area contributed by atoms with Crippen LogP contribution in [0.3, 0.4) is 0 Å². The Morgan fingerprint density at radius 2 is 1.71 bits per heavy atom. The zero-order chi connectivity index (χ0) is 16.2. The number of carbonyl (C=O) groups is 1. The second-order valence-electron chi connectivity index (χ2n) is 6.14. The molecule has 6 heteroatoms. The first-order valence-corrected chi connectivity index (χ1v) is 6.73. The van der Waals surface area contributed by atoms with Crippen molar-refractivity contribution < 1.29 is 19.2 Å². The van der Waals surface area contributed by atoms with Gasteiger partial charge in [0.25, 0.3) is 5.69 Å². The number of benzene rings is 1. The van der Waals surface area contributed by atoms with Crippen molar-refractivity contribution in [3.8, 4) is 5.75 Å². The molecular formula is C15H21NO5. The largest absolute Gasteiger partial charge is 0.455 e. The summed E-state index contributed by atoms with van der Waals surface area (Å²) < 4.78 is 11.0. The van der Waals surface area contributed by atoms with Crippen molar-refractivity contribution in [2.75, 3.05) is 0 Å². The molecule has 1 unspecified atom stereocenters. The van der Waals surface area contributed by atoms with E-state index < -0.39 is 16.6 Å².